The quantitative estimate of drug-likeness (QED) is 0.718. The summed E-state index contributed by atoms with van der Waals surface area (Å²) in [6.07, 6.45) is 5.01. The van der Waals surface area contributed by atoms with Gasteiger partial charge >= 0.3 is 0 Å². The maximum Gasteiger partial charge on any atom is 0.226 e. The number of nitrogens with one attached hydrogen (secondary N) is 1. The highest BCUT2D eigenvalue weighted by Gasteiger charge is 2.29. The molecule has 7 heteroatoms. The number of aryl methyl sites for hydroxylation is 1. The van der Waals surface area contributed by atoms with E-state index in [0.717, 1.165) is 25.1 Å². The summed E-state index contributed by atoms with van der Waals surface area (Å²) < 4.78 is 5.21. The first kappa shape index (κ1) is 19.9. The number of hydrogen-bond acceptors (Lipinski definition) is 5. The maximum atomic E-state index is 12.1. The van der Waals surface area contributed by atoms with Crippen molar-refractivity contribution < 1.29 is 9.32 Å². The second-order valence-electron chi connectivity index (χ2n) is 7.09. The molecule has 1 aromatic rings. The molecule has 1 aromatic heterocycles. The molecular weight excluding hydrogens is 316 g/mol. The van der Waals surface area contributed by atoms with E-state index in [9.17, 15) is 4.79 Å². The Morgan fingerprint density at radius 1 is 1.48 bits per heavy atom. The van der Waals surface area contributed by atoms with E-state index < -0.39 is 0 Å². The van der Waals surface area contributed by atoms with Crippen LogP contribution in [0, 0.1) is 5.92 Å². The van der Waals surface area contributed by atoms with E-state index in [1.807, 2.05) is 6.92 Å². The minimum absolute atomic E-state index is 0. The first-order valence-corrected chi connectivity index (χ1v) is 8.25. The van der Waals surface area contributed by atoms with Crippen LogP contribution in [0.15, 0.2) is 4.52 Å². The van der Waals surface area contributed by atoms with Crippen LogP contribution in [0.25, 0.3) is 0 Å². The van der Waals surface area contributed by atoms with E-state index in [4.69, 9.17) is 10.3 Å². The summed E-state index contributed by atoms with van der Waals surface area (Å²) in [6, 6.07) is 0. The predicted molar refractivity (Wildman–Crippen MR) is 91.5 cm³/mol. The topological polar surface area (TPSA) is 94.0 Å². The Hall–Kier alpha value is -1.14. The fourth-order valence-corrected chi connectivity index (χ4v) is 2.76. The lowest BCUT2D eigenvalue weighted by molar-refractivity contribution is -0.123. The third-order valence-corrected chi connectivity index (χ3v) is 3.97. The minimum atomic E-state index is -0.325. The molecule has 0 aromatic carbocycles. The van der Waals surface area contributed by atoms with Crippen LogP contribution in [0.4, 0.5) is 0 Å². The molecule has 1 fully saturated rings. The fraction of sp³-hybridized carbons (Fsp3) is 0.812. The average Bonchev–Trinajstić information content (AvgIpc) is 3.18. The highest BCUT2D eigenvalue weighted by Crippen LogP contribution is 2.38. The molecule has 1 aliphatic rings. The van der Waals surface area contributed by atoms with Gasteiger partial charge in [-0.25, -0.2) is 0 Å². The fourth-order valence-electron chi connectivity index (χ4n) is 2.76. The van der Waals surface area contributed by atoms with Crippen LogP contribution >= 0.6 is 12.4 Å². The Morgan fingerprint density at radius 2 is 2.17 bits per heavy atom. The van der Waals surface area contributed by atoms with E-state index in [1.54, 1.807) is 0 Å². The van der Waals surface area contributed by atoms with Crippen LogP contribution in [-0.4, -0.2) is 28.1 Å². The number of hydrogen-bond donors (Lipinski definition) is 2. The van der Waals surface area contributed by atoms with Crippen LogP contribution in [0.3, 0.4) is 0 Å². The molecule has 1 heterocycles. The van der Waals surface area contributed by atoms with Crippen molar-refractivity contribution in [1.82, 2.24) is 15.5 Å². The summed E-state index contributed by atoms with van der Waals surface area (Å²) in [5, 5.41) is 7.04. The second-order valence-corrected chi connectivity index (χ2v) is 7.09. The first-order valence-electron chi connectivity index (χ1n) is 8.25. The van der Waals surface area contributed by atoms with Gasteiger partial charge in [-0.2, -0.15) is 4.98 Å². The molecule has 1 saturated carbocycles. The van der Waals surface area contributed by atoms with Gasteiger partial charge in [0, 0.05) is 30.8 Å². The lowest BCUT2D eigenvalue weighted by Crippen LogP contribution is -2.52. The summed E-state index contributed by atoms with van der Waals surface area (Å²) in [6.45, 7) is 6.72. The van der Waals surface area contributed by atoms with Gasteiger partial charge in [-0.1, -0.05) is 19.0 Å². The molecule has 0 radical (unpaired) electrons. The number of nitrogens with zero attached hydrogens (tertiary/aromatic N) is 2. The Morgan fingerprint density at radius 3 is 2.74 bits per heavy atom. The van der Waals surface area contributed by atoms with Crippen molar-refractivity contribution in [2.45, 2.75) is 70.8 Å². The smallest absolute Gasteiger partial charge is 0.226 e. The number of halogens is 1. The highest BCUT2D eigenvalue weighted by molar-refractivity contribution is 5.85. The zero-order valence-electron chi connectivity index (χ0n) is 14.3. The third kappa shape index (κ3) is 6.47. The largest absolute Gasteiger partial charge is 0.350 e. The highest BCUT2D eigenvalue weighted by atomic mass is 35.5. The molecule has 1 aliphatic carbocycles. The van der Waals surface area contributed by atoms with Crippen LogP contribution in [0.2, 0.25) is 0 Å². The summed E-state index contributed by atoms with van der Waals surface area (Å²) in [5.41, 5.74) is 5.49. The zero-order chi connectivity index (χ0) is 16.2. The van der Waals surface area contributed by atoms with E-state index >= 15 is 0 Å². The third-order valence-electron chi connectivity index (χ3n) is 3.97. The minimum Gasteiger partial charge on any atom is -0.350 e. The van der Waals surface area contributed by atoms with E-state index in [-0.39, 0.29) is 23.9 Å². The second kappa shape index (κ2) is 8.64. The number of carbonyl (C=O) groups excluding carboxylic acids is 1. The van der Waals surface area contributed by atoms with Gasteiger partial charge in [0.05, 0.1) is 0 Å². The normalized spacial score (nSPS) is 16.7. The van der Waals surface area contributed by atoms with Gasteiger partial charge in [-0.15, -0.1) is 12.4 Å². The van der Waals surface area contributed by atoms with E-state index in [0.29, 0.717) is 43.5 Å². The molecule has 1 atom stereocenters. The van der Waals surface area contributed by atoms with Crippen molar-refractivity contribution in [3.05, 3.63) is 11.7 Å². The first-order chi connectivity index (χ1) is 10.4. The average molecular weight is 345 g/mol. The molecule has 23 heavy (non-hydrogen) atoms. The van der Waals surface area contributed by atoms with E-state index in [2.05, 4.69) is 29.3 Å². The van der Waals surface area contributed by atoms with Crippen LogP contribution in [0.5, 0.6) is 0 Å². The molecule has 1 amide bonds. The van der Waals surface area contributed by atoms with Crippen molar-refractivity contribution in [3.8, 4) is 0 Å². The summed E-state index contributed by atoms with van der Waals surface area (Å²) in [5.74, 6) is 2.50. The van der Waals surface area contributed by atoms with Crippen LogP contribution in [0.1, 0.15) is 70.5 Å². The molecule has 132 valence electrons. The van der Waals surface area contributed by atoms with Crippen LogP contribution in [-0.2, 0) is 11.2 Å². The Balaban J connectivity index is 0.00000264. The lowest BCUT2D eigenvalue weighted by atomic mass is 9.90. The molecule has 0 spiro atoms. The molecule has 0 saturated heterocycles. The van der Waals surface area contributed by atoms with Gasteiger partial charge in [0.25, 0.3) is 0 Å². The molecule has 0 bridgehead atoms. The van der Waals surface area contributed by atoms with Gasteiger partial charge in [0.2, 0.25) is 11.8 Å². The Labute approximate surface area is 144 Å². The standard InChI is InChI=1S/C16H28N4O2.ClH/c1-11(2)9-16(3,10-17)19-13(21)5-4-6-14-18-15(20-22-14)12-7-8-12;/h11-12H,4-10,17H2,1-3H3,(H,19,21);1H. The summed E-state index contributed by atoms with van der Waals surface area (Å²) in [7, 11) is 0. The molecule has 2 rings (SSSR count). The molecule has 1 unspecified atom stereocenters. The number of amides is 1. The zero-order valence-corrected chi connectivity index (χ0v) is 15.1. The molecule has 6 nitrogen and oxygen atoms in total. The molecule has 0 aliphatic heterocycles. The summed E-state index contributed by atoms with van der Waals surface area (Å²) >= 11 is 0. The molecule has 3 N–H and O–H groups in total. The van der Waals surface area contributed by atoms with E-state index in [1.165, 1.54) is 0 Å². The van der Waals surface area contributed by atoms with Gasteiger partial charge in [-0.3, -0.25) is 4.79 Å². The van der Waals surface area contributed by atoms with Gasteiger partial charge < -0.3 is 15.6 Å². The summed E-state index contributed by atoms with van der Waals surface area (Å²) in [4.78, 5) is 16.4. The maximum absolute atomic E-state index is 12.1. The predicted octanol–water partition coefficient (Wildman–Crippen LogP) is 2.57. The monoisotopic (exact) mass is 344 g/mol. The molecular formula is C16H29ClN4O2. The van der Waals surface area contributed by atoms with Gasteiger partial charge in [0.15, 0.2) is 5.82 Å². The van der Waals surface area contributed by atoms with Crippen LogP contribution < -0.4 is 11.1 Å². The van der Waals surface area contributed by atoms with Crippen molar-refractivity contribution in [2.75, 3.05) is 6.54 Å². The van der Waals surface area contributed by atoms with Crippen molar-refractivity contribution in [1.29, 1.82) is 0 Å². The van der Waals surface area contributed by atoms with Gasteiger partial charge in [0.1, 0.15) is 0 Å². The number of nitrogens with two attached hydrogens (primary N) is 1. The van der Waals surface area contributed by atoms with Crippen molar-refractivity contribution in [2.24, 2.45) is 11.7 Å². The number of aromatic nitrogens is 2. The van der Waals surface area contributed by atoms with Crippen molar-refractivity contribution in [3.63, 3.8) is 0 Å². The Bertz CT molecular complexity index is 502. The lowest BCUT2D eigenvalue weighted by Gasteiger charge is -2.31. The Kier molecular flexibility index (Phi) is 7.48. The van der Waals surface area contributed by atoms with Crippen molar-refractivity contribution >= 4 is 18.3 Å². The SMILES string of the molecule is CC(C)CC(C)(CN)NC(=O)CCCc1nc(C2CC2)no1.Cl. The number of carbonyl (C=O) groups is 1. The van der Waals surface area contributed by atoms with Gasteiger partial charge in [-0.05, 0) is 38.5 Å². The number of rotatable bonds is 9.